The molecule has 4 N–H and O–H groups in total. The van der Waals surface area contributed by atoms with E-state index in [2.05, 4.69) is 39.6 Å². The van der Waals surface area contributed by atoms with E-state index in [0.29, 0.717) is 60.2 Å². The van der Waals surface area contributed by atoms with Crippen LogP contribution in [0.1, 0.15) is 85.5 Å². The Morgan fingerprint density at radius 1 is 1.00 bits per heavy atom. The van der Waals surface area contributed by atoms with Crippen molar-refractivity contribution in [1.29, 1.82) is 0 Å². The summed E-state index contributed by atoms with van der Waals surface area (Å²) in [7, 11) is 2.33. The molecule has 0 amide bonds. The van der Waals surface area contributed by atoms with Crippen molar-refractivity contribution in [3.8, 4) is 0 Å². The summed E-state index contributed by atoms with van der Waals surface area (Å²) in [4.78, 5) is 16.5. The lowest BCUT2D eigenvalue weighted by Gasteiger charge is -2.53. The van der Waals surface area contributed by atoms with Gasteiger partial charge in [-0.1, -0.05) is 27.7 Å². The monoisotopic (exact) mass is 591 g/mol. The molecular weight excluding hydrogens is 534 g/mol. The van der Waals surface area contributed by atoms with E-state index in [-0.39, 0.29) is 17.4 Å². The zero-order valence-electron chi connectivity index (χ0n) is 26.5. The number of hydrogen-bond donors (Lipinski definition) is 4. The SMILES string of the molecule is C[C@H]1CC[C@H]([C@@H](C)[C@@H]2CC[C@@H]3[C@@H](C[C@H]4[C@H]3CC(=O)[C@H]3C[C@@H](O[C@@H]5O[C@H](CO)[C@@H](O)[C@H](O)[C@H]5O)CC[C@@]34C)[C@H]2C)N(C)C1. The largest absolute Gasteiger partial charge is 0.394 e. The average molecular weight is 592 g/mol. The molecule has 6 aliphatic rings. The number of carbonyl (C=O) groups excluding carboxylic acids is 1. The molecule has 0 aromatic rings. The summed E-state index contributed by atoms with van der Waals surface area (Å²) in [5.41, 5.74) is -0.0346. The molecule has 0 bridgehead atoms. The summed E-state index contributed by atoms with van der Waals surface area (Å²) in [5, 5.41) is 40.4. The fourth-order valence-corrected chi connectivity index (χ4v) is 11.5. The van der Waals surface area contributed by atoms with Crippen molar-refractivity contribution in [2.24, 2.45) is 58.7 Å². The number of aliphatic hydroxyl groups excluding tert-OH is 4. The number of rotatable bonds is 5. The highest BCUT2D eigenvalue weighted by Gasteiger charge is 2.62. The van der Waals surface area contributed by atoms with Gasteiger partial charge in [0.15, 0.2) is 6.29 Å². The van der Waals surface area contributed by atoms with Crippen LogP contribution in [0.25, 0.3) is 0 Å². The van der Waals surface area contributed by atoms with Gasteiger partial charge in [-0.05, 0) is 111 Å². The van der Waals surface area contributed by atoms with Crippen LogP contribution in [0.2, 0.25) is 0 Å². The van der Waals surface area contributed by atoms with Crippen molar-refractivity contribution < 1.29 is 34.7 Å². The maximum Gasteiger partial charge on any atom is 0.186 e. The average Bonchev–Trinajstić information content (AvgIpc) is 3.34. The Kier molecular flexibility index (Phi) is 8.93. The first-order chi connectivity index (χ1) is 19.9. The van der Waals surface area contributed by atoms with Gasteiger partial charge >= 0.3 is 0 Å². The molecule has 8 nitrogen and oxygen atoms in total. The zero-order chi connectivity index (χ0) is 30.1. The molecule has 2 heterocycles. The molecule has 6 rings (SSSR count). The van der Waals surface area contributed by atoms with Crippen molar-refractivity contribution in [2.45, 2.75) is 128 Å². The Morgan fingerprint density at radius 2 is 1.76 bits per heavy atom. The second-order valence-electron chi connectivity index (χ2n) is 15.9. The Balaban J connectivity index is 1.12. The van der Waals surface area contributed by atoms with E-state index in [0.717, 1.165) is 24.7 Å². The van der Waals surface area contributed by atoms with Crippen molar-refractivity contribution in [3.05, 3.63) is 0 Å². The fraction of sp³-hybridized carbons (Fsp3) is 0.971. The van der Waals surface area contributed by atoms with Crippen LogP contribution in [0.3, 0.4) is 0 Å². The first-order valence-electron chi connectivity index (χ1n) is 17.1. The number of aliphatic hydroxyl groups is 4. The molecule has 0 aromatic heterocycles. The van der Waals surface area contributed by atoms with Gasteiger partial charge in [0.2, 0.25) is 0 Å². The maximum absolute atomic E-state index is 13.8. The molecule has 4 aliphatic carbocycles. The first kappa shape index (κ1) is 31.4. The van der Waals surface area contributed by atoms with Gasteiger partial charge in [0.05, 0.1) is 12.7 Å². The Bertz CT molecular complexity index is 978. The van der Waals surface area contributed by atoms with E-state index in [4.69, 9.17) is 9.47 Å². The van der Waals surface area contributed by atoms with Gasteiger partial charge in [0.25, 0.3) is 0 Å². The molecule has 4 saturated carbocycles. The van der Waals surface area contributed by atoms with Gasteiger partial charge in [-0.15, -0.1) is 0 Å². The number of fused-ring (bicyclic) bond motifs is 5. The lowest BCUT2D eigenvalue weighted by Crippen LogP contribution is -2.60. The molecule has 8 heteroatoms. The molecule has 0 spiro atoms. The summed E-state index contributed by atoms with van der Waals surface area (Å²) < 4.78 is 11.8. The highest BCUT2D eigenvalue weighted by Crippen LogP contribution is 2.65. The summed E-state index contributed by atoms with van der Waals surface area (Å²) in [5.74, 6) is 5.72. The smallest absolute Gasteiger partial charge is 0.186 e. The van der Waals surface area contributed by atoms with Crippen LogP contribution >= 0.6 is 0 Å². The van der Waals surface area contributed by atoms with Gasteiger partial charge in [0.1, 0.15) is 30.2 Å². The van der Waals surface area contributed by atoms with Crippen LogP contribution in [0.5, 0.6) is 0 Å². The predicted octanol–water partition coefficient (Wildman–Crippen LogP) is 3.23. The molecule has 42 heavy (non-hydrogen) atoms. The summed E-state index contributed by atoms with van der Waals surface area (Å²) >= 11 is 0. The van der Waals surface area contributed by atoms with E-state index in [1.807, 2.05) is 0 Å². The van der Waals surface area contributed by atoms with Gasteiger partial charge in [0, 0.05) is 24.9 Å². The Hall–Kier alpha value is -0.610. The number of Topliss-reactive ketones (excluding diaryl/α,β-unsaturated/α-hetero) is 1. The molecule has 0 unspecified atom stereocenters. The van der Waals surface area contributed by atoms with Crippen LogP contribution in [-0.4, -0.2) is 94.2 Å². The molecular formula is C34H57NO7. The van der Waals surface area contributed by atoms with Crippen LogP contribution < -0.4 is 0 Å². The lowest BCUT2D eigenvalue weighted by molar-refractivity contribution is -0.315. The third kappa shape index (κ3) is 5.23. The molecule has 0 radical (unpaired) electrons. The highest BCUT2D eigenvalue weighted by molar-refractivity contribution is 5.83. The summed E-state index contributed by atoms with van der Waals surface area (Å²) in [6.45, 7) is 10.6. The first-order valence-corrected chi connectivity index (χ1v) is 17.1. The van der Waals surface area contributed by atoms with E-state index in [1.165, 1.54) is 38.6 Å². The third-order valence-electron chi connectivity index (χ3n) is 13.9. The van der Waals surface area contributed by atoms with Crippen molar-refractivity contribution in [2.75, 3.05) is 20.2 Å². The van der Waals surface area contributed by atoms with E-state index < -0.39 is 37.3 Å². The van der Waals surface area contributed by atoms with Crippen LogP contribution in [0.15, 0.2) is 0 Å². The quantitative estimate of drug-likeness (QED) is 0.360. The second kappa shape index (κ2) is 12.0. The normalized spacial score (nSPS) is 54.1. The van der Waals surface area contributed by atoms with E-state index in [1.54, 1.807) is 0 Å². The minimum Gasteiger partial charge on any atom is -0.394 e. The van der Waals surface area contributed by atoms with Crippen molar-refractivity contribution >= 4 is 5.78 Å². The fourth-order valence-electron chi connectivity index (χ4n) is 11.5. The lowest BCUT2D eigenvalue weighted by atomic mass is 9.51. The maximum atomic E-state index is 13.8. The standard InChI is InChI=1S/C34H57NO7/c1-17-6-9-27(35(5)15-17)19(3)21-7-8-22-23(18(21)2)13-25-24(22)14-28(37)26-12-20(10-11-34(25,26)4)41-33-32(40)31(39)30(38)29(16-36)42-33/h17-27,29-33,36,38-40H,6-16H2,1-5H3/t17-,18-,19-,20-,21+,22+,23-,24-,25-,26+,27+,29+,30+,31-,32+,33+,34+/m0/s1. The topological polar surface area (TPSA) is 120 Å². The van der Waals surface area contributed by atoms with Crippen molar-refractivity contribution in [3.63, 3.8) is 0 Å². The molecule has 240 valence electrons. The molecule has 6 fully saturated rings. The number of hydrogen-bond acceptors (Lipinski definition) is 8. The third-order valence-corrected chi connectivity index (χ3v) is 13.9. The number of nitrogens with zero attached hydrogens (tertiary/aromatic N) is 1. The second-order valence-corrected chi connectivity index (χ2v) is 15.9. The van der Waals surface area contributed by atoms with Crippen LogP contribution in [-0.2, 0) is 14.3 Å². The Morgan fingerprint density at radius 3 is 2.48 bits per heavy atom. The van der Waals surface area contributed by atoms with Gasteiger partial charge in [-0.25, -0.2) is 0 Å². The van der Waals surface area contributed by atoms with E-state index in [9.17, 15) is 25.2 Å². The number of piperidine rings is 1. The molecule has 2 saturated heterocycles. The number of ether oxygens (including phenoxy) is 2. The molecule has 2 aliphatic heterocycles. The molecule has 17 atom stereocenters. The minimum atomic E-state index is -1.45. The number of likely N-dealkylation sites (tertiary alicyclic amines) is 1. The summed E-state index contributed by atoms with van der Waals surface area (Å²) in [6.07, 6.45) is 2.80. The number of ketones is 1. The van der Waals surface area contributed by atoms with E-state index >= 15 is 0 Å². The van der Waals surface area contributed by atoms with Crippen LogP contribution in [0.4, 0.5) is 0 Å². The highest BCUT2D eigenvalue weighted by atomic mass is 16.7. The van der Waals surface area contributed by atoms with Crippen LogP contribution in [0, 0.1) is 58.7 Å². The Labute approximate surface area is 252 Å². The molecule has 0 aromatic carbocycles. The van der Waals surface area contributed by atoms with Gasteiger partial charge in [-0.2, -0.15) is 0 Å². The minimum absolute atomic E-state index is 0.0346. The van der Waals surface area contributed by atoms with Gasteiger partial charge in [-0.3, -0.25) is 4.79 Å². The number of carbonyl (C=O) groups is 1. The van der Waals surface area contributed by atoms with Gasteiger partial charge < -0.3 is 34.8 Å². The van der Waals surface area contributed by atoms with Crippen molar-refractivity contribution in [1.82, 2.24) is 4.90 Å². The zero-order valence-corrected chi connectivity index (χ0v) is 26.5. The summed E-state index contributed by atoms with van der Waals surface area (Å²) in [6, 6.07) is 0.691. The predicted molar refractivity (Wildman–Crippen MR) is 158 cm³/mol.